The van der Waals surface area contributed by atoms with Gasteiger partial charge in [0.2, 0.25) is 0 Å². The SMILES string of the molecule is CC1CCC(C)N(c2cc(Cl)c(F)cc2N)C1. The van der Waals surface area contributed by atoms with Crippen LogP contribution in [0.5, 0.6) is 0 Å². The molecule has 1 fully saturated rings. The Bertz CT molecular complexity index is 422. The molecule has 0 radical (unpaired) electrons. The molecular weight excluding hydrogens is 239 g/mol. The lowest BCUT2D eigenvalue weighted by Crippen LogP contribution is -2.41. The van der Waals surface area contributed by atoms with Gasteiger partial charge >= 0.3 is 0 Å². The van der Waals surface area contributed by atoms with Gasteiger partial charge in [-0.2, -0.15) is 0 Å². The van der Waals surface area contributed by atoms with Gasteiger partial charge in [-0.15, -0.1) is 0 Å². The molecule has 2 nitrogen and oxygen atoms in total. The molecule has 1 heterocycles. The van der Waals surface area contributed by atoms with Crippen molar-refractivity contribution in [1.82, 2.24) is 0 Å². The third kappa shape index (κ3) is 2.49. The monoisotopic (exact) mass is 256 g/mol. The quantitative estimate of drug-likeness (QED) is 0.777. The molecule has 1 aliphatic heterocycles. The van der Waals surface area contributed by atoms with Crippen molar-refractivity contribution < 1.29 is 4.39 Å². The molecule has 2 atom stereocenters. The van der Waals surface area contributed by atoms with E-state index in [1.807, 2.05) is 0 Å². The molecule has 2 rings (SSSR count). The molecule has 0 amide bonds. The summed E-state index contributed by atoms with van der Waals surface area (Å²) in [6.07, 6.45) is 2.36. The fourth-order valence-corrected chi connectivity index (χ4v) is 2.58. The molecule has 0 spiro atoms. The van der Waals surface area contributed by atoms with Gasteiger partial charge in [0.1, 0.15) is 5.82 Å². The molecule has 0 saturated carbocycles. The lowest BCUT2D eigenvalue weighted by molar-refractivity contribution is 0.390. The van der Waals surface area contributed by atoms with Crippen LogP contribution in [-0.2, 0) is 0 Å². The van der Waals surface area contributed by atoms with Gasteiger partial charge in [-0.3, -0.25) is 0 Å². The highest BCUT2D eigenvalue weighted by atomic mass is 35.5. The van der Waals surface area contributed by atoms with E-state index in [0.717, 1.165) is 18.7 Å². The zero-order chi connectivity index (χ0) is 12.6. The van der Waals surface area contributed by atoms with Crippen LogP contribution in [0.2, 0.25) is 5.02 Å². The predicted octanol–water partition coefficient (Wildman–Crippen LogP) is 3.69. The number of hydrogen-bond acceptors (Lipinski definition) is 2. The smallest absolute Gasteiger partial charge is 0.143 e. The average molecular weight is 257 g/mol. The summed E-state index contributed by atoms with van der Waals surface area (Å²) in [5.74, 6) is 0.181. The average Bonchev–Trinajstić information content (AvgIpc) is 2.27. The second-order valence-corrected chi connectivity index (χ2v) is 5.42. The highest BCUT2D eigenvalue weighted by molar-refractivity contribution is 6.31. The van der Waals surface area contributed by atoms with E-state index in [4.69, 9.17) is 17.3 Å². The van der Waals surface area contributed by atoms with Crippen molar-refractivity contribution in [1.29, 1.82) is 0 Å². The maximum atomic E-state index is 13.3. The first-order valence-electron chi connectivity index (χ1n) is 6.00. The van der Waals surface area contributed by atoms with Gasteiger partial charge in [0, 0.05) is 18.7 Å². The second-order valence-electron chi connectivity index (χ2n) is 5.01. The van der Waals surface area contributed by atoms with Crippen molar-refractivity contribution in [2.45, 2.75) is 32.7 Å². The van der Waals surface area contributed by atoms with E-state index >= 15 is 0 Å². The van der Waals surface area contributed by atoms with Crippen molar-refractivity contribution in [2.75, 3.05) is 17.2 Å². The van der Waals surface area contributed by atoms with Crippen molar-refractivity contribution in [3.63, 3.8) is 0 Å². The maximum Gasteiger partial charge on any atom is 0.143 e. The Morgan fingerprint density at radius 1 is 1.35 bits per heavy atom. The lowest BCUT2D eigenvalue weighted by atomic mass is 9.94. The molecule has 1 aromatic rings. The van der Waals surface area contributed by atoms with Crippen LogP contribution in [0.4, 0.5) is 15.8 Å². The number of nitrogens with two attached hydrogens (primary N) is 1. The first-order chi connectivity index (χ1) is 7.99. The van der Waals surface area contributed by atoms with E-state index < -0.39 is 5.82 Å². The highest BCUT2D eigenvalue weighted by Gasteiger charge is 2.25. The lowest BCUT2D eigenvalue weighted by Gasteiger charge is -2.39. The molecule has 2 N–H and O–H groups in total. The summed E-state index contributed by atoms with van der Waals surface area (Å²) in [5, 5.41) is 0.139. The van der Waals surface area contributed by atoms with E-state index in [1.165, 1.54) is 12.5 Å². The Morgan fingerprint density at radius 3 is 2.76 bits per heavy atom. The number of hydrogen-bond donors (Lipinski definition) is 1. The molecule has 0 aliphatic carbocycles. The Kier molecular flexibility index (Phi) is 3.48. The molecule has 0 bridgehead atoms. The van der Waals surface area contributed by atoms with Crippen LogP contribution in [0, 0.1) is 11.7 Å². The zero-order valence-electron chi connectivity index (χ0n) is 10.2. The molecule has 17 heavy (non-hydrogen) atoms. The second kappa shape index (κ2) is 4.73. The number of anilines is 2. The Labute approximate surface area is 107 Å². The summed E-state index contributed by atoms with van der Waals surface area (Å²) < 4.78 is 13.3. The minimum atomic E-state index is -0.453. The van der Waals surface area contributed by atoms with Crippen LogP contribution in [0.1, 0.15) is 26.7 Å². The van der Waals surface area contributed by atoms with Gasteiger partial charge in [0.15, 0.2) is 0 Å². The molecule has 1 aliphatic rings. The van der Waals surface area contributed by atoms with Crippen molar-refractivity contribution >= 4 is 23.0 Å². The number of nitrogen functional groups attached to an aromatic ring is 1. The van der Waals surface area contributed by atoms with E-state index in [-0.39, 0.29) is 5.02 Å². The fourth-order valence-electron chi connectivity index (χ4n) is 2.42. The van der Waals surface area contributed by atoms with Gasteiger partial charge in [0.25, 0.3) is 0 Å². The van der Waals surface area contributed by atoms with E-state index in [0.29, 0.717) is 17.6 Å². The number of piperidine rings is 1. The molecule has 1 aromatic carbocycles. The predicted molar refractivity (Wildman–Crippen MR) is 71.0 cm³/mol. The summed E-state index contributed by atoms with van der Waals surface area (Å²) in [5.41, 5.74) is 7.21. The van der Waals surface area contributed by atoms with Gasteiger partial charge in [-0.25, -0.2) is 4.39 Å². The summed E-state index contributed by atoms with van der Waals surface area (Å²) >= 11 is 5.83. The Hall–Kier alpha value is -0.960. The van der Waals surface area contributed by atoms with E-state index in [9.17, 15) is 4.39 Å². The van der Waals surface area contributed by atoms with Gasteiger partial charge in [-0.05, 0) is 31.7 Å². The summed E-state index contributed by atoms with van der Waals surface area (Å²) in [4.78, 5) is 2.23. The van der Waals surface area contributed by atoms with Crippen molar-refractivity contribution in [3.8, 4) is 0 Å². The first kappa shape index (κ1) is 12.5. The minimum absolute atomic E-state index is 0.139. The number of nitrogens with zero attached hydrogens (tertiary/aromatic N) is 1. The molecule has 4 heteroatoms. The van der Waals surface area contributed by atoms with Crippen LogP contribution in [-0.4, -0.2) is 12.6 Å². The molecule has 94 valence electrons. The summed E-state index contributed by atoms with van der Waals surface area (Å²) in [6.45, 7) is 5.34. The minimum Gasteiger partial charge on any atom is -0.397 e. The zero-order valence-corrected chi connectivity index (χ0v) is 11.0. The van der Waals surface area contributed by atoms with E-state index in [1.54, 1.807) is 6.07 Å². The normalized spacial score (nSPS) is 25.1. The van der Waals surface area contributed by atoms with Gasteiger partial charge in [0.05, 0.1) is 16.4 Å². The number of benzene rings is 1. The fraction of sp³-hybridized carbons (Fsp3) is 0.538. The molecule has 2 unspecified atom stereocenters. The highest BCUT2D eigenvalue weighted by Crippen LogP contribution is 2.34. The Balaban J connectivity index is 2.35. The number of rotatable bonds is 1. The van der Waals surface area contributed by atoms with Crippen LogP contribution in [0.25, 0.3) is 0 Å². The van der Waals surface area contributed by atoms with Crippen LogP contribution in [0.3, 0.4) is 0 Å². The third-order valence-corrected chi connectivity index (χ3v) is 3.79. The topological polar surface area (TPSA) is 29.3 Å². The van der Waals surface area contributed by atoms with Crippen LogP contribution < -0.4 is 10.6 Å². The molecule has 1 saturated heterocycles. The van der Waals surface area contributed by atoms with E-state index in [2.05, 4.69) is 18.7 Å². The largest absolute Gasteiger partial charge is 0.397 e. The van der Waals surface area contributed by atoms with Gasteiger partial charge in [-0.1, -0.05) is 18.5 Å². The van der Waals surface area contributed by atoms with Crippen LogP contribution in [0.15, 0.2) is 12.1 Å². The number of halogens is 2. The van der Waals surface area contributed by atoms with Gasteiger partial charge < -0.3 is 10.6 Å². The Morgan fingerprint density at radius 2 is 2.06 bits per heavy atom. The van der Waals surface area contributed by atoms with Crippen molar-refractivity contribution in [3.05, 3.63) is 23.0 Å². The summed E-state index contributed by atoms with van der Waals surface area (Å²) in [7, 11) is 0. The molecular formula is C13H18ClFN2. The standard InChI is InChI=1S/C13H18ClFN2/c1-8-3-4-9(2)17(7-8)13-5-10(14)11(15)6-12(13)16/h5-6,8-9H,3-4,7,16H2,1-2H3. The molecule has 0 aromatic heterocycles. The third-order valence-electron chi connectivity index (χ3n) is 3.50. The van der Waals surface area contributed by atoms with Crippen LogP contribution >= 0.6 is 11.6 Å². The maximum absolute atomic E-state index is 13.3. The summed E-state index contributed by atoms with van der Waals surface area (Å²) in [6, 6.07) is 3.37. The first-order valence-corrected chi connectivity index (χ1v) is 6.38. The van der Waals surface area contributed by atoms with Crippen molar-refractivity contribution in [2.24, 2.45) is 5.92 Å².